The van der Waals surface area contributed by atoms with Crippen LogP contribution >= 0.6 is 7.60 Å². The van der Waals surface area contributed by atoms with Crippen molar-refractivity contribution >= 4 is 7.60 Å². The van der Waals surface area contributed by atoms with Gasteiger partial charge in [-0.1, -0.05) is 41.5 Å². The molecule has 0 aromatic heterocycles. The quantitative estimate of drug-likeness (QED) is 0.790. The fourth-order valence-corrected chi connectivity index (χ4v) is 3.57. The molecule has 132 valence electrons. The Morgan fingerprint density at radius 1 is 1.00 bits per heavy atom. The second-order valence-corrected chi connectivity index (χ2v) is 10.2. The van der Waals surface area contributed by atoms with E-state index in [1.165, 1.54) is 14.2 Å². The molecule has 23 heavy (non-hydrogen) atoms. The van der Waals surface area contributed by atoms with E-state index in [2.05, 4.69) is 0 Å². The van der Waals surface area contributed by atoms with Crippen LogP contribution in [0.4, 0.5) is 0 Å². The van der Waals surface area contributed by atoms with E-state index in [0.29, 0.717) is 5.56 Å². The number of hydrogen-bond donors (Lipinski definition) is 2. The van der Waals surface area contributed by atoms with E-state index in [9.17, 15) is 9.67 Å². The topological polar surface area (TPSA) is 81.8 Å². The van der Waals surface area contributed by atoms with Gasteiger partial charge in [-0.05, 0) is 39.7 Å². The number of rotatable bonds is 4. The van der Waals surface area contributed by atoms with Crippen LogP contribution in [0.1, 0.15) is 64.0 Å². The molecule has 0 aliphatic heterocycles. The van der Waals surface area contributed by atoms with Gasteiger partial charge in [0, 0.05) is 14.2 Å². The molecule has 0 amide bonds. The van der Waals surface area contributed by atoms with Crippen molar-refractivity contribution in [2.24, 2.45) is 5.73 Å². The normalized spacial score (nSPS) is 14.8. The first-order valence-electron chi connectivity index (χ1n) is 7.62. The Labute approximate surface area is 139 Å². The smallest absolute Gasteiger partial charge is 0.351 e. The monoisotopic (exact) mass is 343 g/mol. The second-order valence-electron chi connectivity index (χ2n) is 7.81. The van der Waals surface area contributed by atoms with E-state index in [0.717, 1.165) is 11.1 Å². The molecule has 0 heterocycles. The summed E-state index contributed by atoms with van der Waals surface area (Å²) in [5.74, 6) is -0.661. The predicted molar refractivity (Wildman–Crippen MR) is 94.1 cm³/mol. The fraction of sp³-hybridized carbons (Fsp3) is 0.647. The lowest BCUT2D eigenvalue weighted by molar-refractivity contribution is 0.266. The number of nitrogens with two attached hydrogens (primary N) is 1. The molecule has 5 nitrogen and oxygen atoms in total. The molecule has 1 atom stereocenters. The van der Waals surface area contributed by atoms with Crippen LogP contribution < -0.4 is 5.73 Å². The molecule has 0 spiro atoms. The standard InChI is InChI=1S/C17H30NO4P/c1-16(2,3)12-9-11(15(18)23(20,21-7)22-8)10-13(14(12)19)17(4,5)6/h9-10,15,19H,18H2,1-8H3. The van der Waals surface area contributed by atoms with E-state index in [1.54, 1.807) is 12.1 Å². The van der Waals surface area contributed by atoms with Crippen LogP contribution in [0.2, 0.25) is 0 Å². The minimum atomic E-state index is -3.46. The fourth-order valence-electron chi connectivity index (χ4n) is 2.46. The maximum absolute atomic E-state index is 12.6. The van der Waals surface area contributed by atoms with Gasteiger partial charge in [0.15, 0.2) is 0 Å². The van der Waals surface area contributed by atoms with Gasteiger partial charge in [0.2, 0.25) is 0 Å². The second kappa shape index (κ2) is 6.56. The average Bonchev–Trinajstić information content (AvgIpc) is 2.43. The Kier molecular flexibility index (Phi) is 5.75. The highest BCUT2D eigenvalue weighted by Crippen LogP contribution is 2.58. The first kappa shape index (κ1) is 20.2. The van der Waals surface area contributed by atoms with E-state index in [-0.39, 0.29) is 16.6 Å². The minimum Gasteiger partial charge on any atom is -0.507 e. The van der Waals surface area contributed by atoms with Gasteiger partial charge in [-0.3, -0.25) is 4.57 Å². The third kappa shape index (κ3) is 4.16. The summed E-state index contributed by atoms with van der Waals surface area (Å²) in [5, 5.41) is 10.7. The van der Waals surface area contributed by atoms with E-state index in [4.69, 9.17) is 14.8 Å². The molecule has 1 aromatic carbocycles. The zero-order valence-electron chi connectivity index (χ0n) is 15.4. The van der Waals surface area contributed by atoms with Crippen molar-refractivity contribution in [1.29, 1.82) is 0 Å². The lowest BCUT2D eigenvalue weighted by atomic mass is 9.78. The van der Waals surface area contributed by atoms with Crippen molar-refractivity contribution < 1.29 is 18.7 Å². The van der Waals surface area contributed by atoms with Crippen LogP contribution in [-0.4, -0.2) is 19.3 Å². The van der Waals surface area contributed by atoms with E-state index < -0.39 is 13.4 Å². The summed E-state index contributed by atoms with van der Waals surface area (Å²) in [4.78, 5) is 0. The highest BCUT2D eigenvalue weighted by Gasteiger charge is 2.35. The molecular weight excluding hydrogens is 313 g/mol. The molecule has 0 aliphatic carbocycles. The van der Waals surface area contributed by atoms with Crippen molar-refractivity contribution in [2.75, 3.05) is 14.2 Å². The van der Waals surface area contributed by atoms with Gasteiger partial charge in [0.05, 0.1) is 0 Å². The van der Waals surface area contributed by atoms with E-state index >= 15 is 0 Å². The largest absolute Gasteiger partial charge is 0.507 e. The SMILES string of the molecule is COP(=O)(OC)C(N)c1cc(C(C)(C)C)c(O)c(C(C)(C)C)c1. The van der Waals surface area contributed by atoms with Gasteiger partial charge >= 0.3 is 7.60 Å². The van der Waals surface area contributed by atoms with Crippen LogP contribution in [0.15, 0.2) is 12.1 Å². The molecule has 1 aromatic rings. The Balaban J connectivity index is 3.67. The van der Waals surface area contributed by atoms with Crippen LogP contribution in [0.25, 0.3) is 0 Å². The third-order valence-corrected chi connectivity index (χ3v) is 5.94. The molecule has 6 heteroatoms. The summed E-state index contributed by atoms with van der Waals surface area (Å²) in [5.41, 5.74) is 7.74. The van der Waals surface area contributed by atoms with Crippen LogP contribution in [0.5, 0.6) is 5.75 Å². The highest BCUT2D eigenvalue weighted by molar-refractivity contribution is 7.54. The average molecular weight is 343 g/mol. The number of aromatic hydroxyl groups is 1. The van der Waals surface area contributed by atoms with Crippen molar-refractivity contribution in [3.8, 4) is 5.75 Å². The van der Waals surface area contributed by atoms with Crippen LogP contribution in [0.3, 0.4) is 0 Å². The summed E-state index contributed by atoms with van der Waals surface area (Å²) in [6.45, 7) is 12.1. The molecule has 0 radical (unpaired) electrons. The van der Waals surface area contributed by atoms with Crippen LogP contribution in [-0.2, 0) is 24.4 Å². The van der Waals surface area contributed by atoms with Crippen molar-refractivity contribution in [2.45, 2.75) is 58.2 Å². The molecular formula is C17H30NO4P. The number of phenolic OH excluding ortho intramolecular Hbond substituents is 1. The maximum Gasteiger partial charge on any atom is 0.351 e. The zero-order chi connectivity index (χ0) is 18.2. The van der Waals surface area contributed by atoms with Crippen LogP contribution in [0, 0.1) is 0 Å². The third-order valence-electron chi connectivity index (χ3n) is 3.94. The lowest BCUT2D eigenvalue weighted by Crippen LogP contribution is -2.20. The summed E-state index contributed by atoms with van der Waals surface area (Å²) >= 11 is 0. The molecule has 1 unspecified atom stereocenters. The van der Waals surface area contributed by atoms with Crippen molar-refractivity contribution in [3.63, 3.8) is 0 Å². The Hall–Kier alpha value is -0.870. The summed E-state index contributed by atoms with van der Waals surface area (Å²) < 4.78 is 22.7. The highest BCUT2D eigenvalue weighted by atomic mass is 31.2. The molecule has 0 saturated heterocycles. The predicted octanol–water partition coefficient (Wildman–Crippen LogP) is 4.43. The summed E-state index contributed by atoms with van der Waals surface area (Å²) in [6, 6.07) is 3.58. The van der Waals surface area contributed by atoms with Crippen molar-refractivity contribution in [1.82, 2.24) is 0 Å². The number of phenols is 1. The summed E-state index contributed by atoms with van der Waals surface area (Å²) in [7, 11) is -0.819. The molecule has 0 aliphatic rings. The summed E-state index contributed by atoms with van der Waals surface area (Å²) in [6.07, 6.45) is 0. The number of hydrogen-bond acceptors (Lipinski definition) is 5. The molecule has 0 saturated carbocycles. The molecule has 0 bridgehead atoms. The van der Waals surface area contributed by atoms with Gasteiger partial charge in [-0.15, -0.1) is 0 Å². The van der Waals surface area contributed by atoms with Gasteiger partial charge in [0.25, 0.3) is 0 Å². The Bertz CT molecular complexity index is 571. The Morgan fingerprint density at radius 3 is 1.61 bits per heavy atom. The van der Waals surface area contributed by atoms with Crippen molar-refractivity contribution in [3.05, 3.63) is 28.8 Å². The first-order chi connectivity index (χ1) is 10.3. The zero-order valence-corrected chi connectivity index (χ0v) is 16.3. The maximum atomic E-state index is 12.6. The Morgan fingerprint density at radius 2 is 1.35 bits per heavy atom. The molecule has 3 N–H and O–H groups in total. The van der Waals surface area contributed by atoms with Gasteiger partial charge in [0.1, 0.15) is 11.5 Å². The lowest BCUT2D eigenvalue weighted by Gasteiger charge is -2.30. The molecule has 1 rings (SSSR count). The van der Waals surface area contributed by atoms with E-state index in [1.807, 2.05) is 41.5 Å². The first-order valence-corrected chi connectivity index (χ1v) is 9.23. The van der Waals surface area contributed by atoms with Gasteiger partial charge < -0.3 is 19.9 Å². The van der Waals surface area contributed by atoms with Gasteiger partial charge in [-0.2, -0.15) is 0 Å². The number of benzene rings is 1. The minimum absolute atomic E-state index is 0.255. The van der Waals surface area contributed by atoms with Gasteiger partial charge in [-0.25, -0.2) is 0 Å². The molecule has 0 fully saturated rings.